The maximum atomic E-state index is 13.1. The number of phenolic OH excluding ortho intramolecular Hbond substituents is 1. The molecule has 0 saturated carbocycles. The number of thiophene rings is 1. The van der Waals surface area contributed by atoms with Gasteiger partial charge in [-0.2, -0.15) is 0 Å². The third-order valence-corrected chi connectivity index (χ3v) is 6.61. The smallest absolute Gasteiger partial charge is 0.300 e. The lowest BCUT2D eigenvalue weighted by Crippen LogP contribution is -2.29. The van der Waals surface area contributed by atoms with Crippen LogP contribution in [0.4, 0.5) is 5.69 Å². The highest BCUT2D eigenvalue weighted by Crippen LogP contribution is 2.46. The van der Waals surface area contributed by atoms with Crippen LogP contribution in [0.5, 0.6) is 11.5 Å². The van der Waals surface area contributed by atoms with E-state index in [1.54, 1.807) is 36.6 Å². The lowest BCUT2D eigenvalue weighted by atomic mass is 9.99. The molecule has 0 aliphatic carbocycles. The lowest BCUT2D eigenvalue weighted by Gasteiger charge is -2.25. The number of aromatic hydroxyl groups is 1. The Bertz CT molecular complexity index is 1250. The van der Waals surface area contributed by atoms with Gasteiger partial charge in [-0.05, 0) is 48.2 Å². The number of aliphatic hydroxyl groups is 1. The van der Waals surface area contributed by atoms with E-state index in [1.807, 2.05) is 0 Å². The molecule has 164 valence electrons. The van der Waals surface area contributed by atoms with Crippen molar-refractivity contribution < 1.29 is 24.5 Å². The normalized spacial score (nSPS) is 17.8. The summed E-state index contributed by atoms with van der Waals surface area (Å²) in [4.78, 5) is 28.1. The minimum absolute atomic E-state index is 0.129. The van der Waals surface area contributed by atoms with Crippen molar-refractivity contribution in [3.05, 3.63) is 79.5 Å². The van der Waals surface area contributed by atoms with E-state index in [9.17, 15) is 19.8 Å². The molecule has 1 aliphatic heterocycles. The third-order valence-electron chi connectivity index (χ3n) is 5.12. The number of rotatable bonds is 4. The summed E-state index contributed by atoms with van der Waals surface area (Å²) in [5.74, 6) is -2.11. The first-order chi connectivity index (χ1) is 15.2. The van der Waals surface area contributed by atoms with Crippen LogP contribution in [0.1, 0.15) is 22.0 Å². The van der Waals surface area contributed by atoms with Gasteiger partial charge < -0.3 is 14.9 Å². The van der Waals surface area contributed by atoms with Crippen molar-refractivity contribution in [1.29, 1.82) is 0 Å². The number of nitrogens with zero attached hydrogens (tertiary/aromatic N) is 1. The summed E-state index contributed by atoms with van der Waals surface area (Å²) >= 11 is 13.7. The van der Waals surface area contributed by atoms with Crippen molar-refractivity contribution in [3.63, 3.8) is 0 Å². The van der Waals surface area contributed by atoms with E-state index in [1.165, 1.54) is 41.5 Å². The molecule has 0 radical (unpaired) electrons. The Morgan fingerprint density at radius 3 is 2.41 bits per heavy atom. The Hall–Kier alpha value is -3.00. The van der Waals surface area contributed by atoms with Crippen molar-refractivity contribution in [3.8, 4) is 11.5 Å². The molecule has 9 heteroatoms. The number of hydrogen-bond acceptors (Lipinski definition) is 6. The third kappa shape index (κ3) is 3.62. The summed E-state index contributed by atoms with van der Waals surface area (Å²) < 4.78 is 5.14. The number of carbonyl (C=O) groups is 2. The second-order valence-corrected chi connectivity index (χ2v) is 8.94. The standard InChI is InChI=1S/C23H17Cl2NO5S/c1-11-5-6-16(27)15(8-11)26-19(17-4-3-7-32-17)18(21(29)23(26)30)20(28)12-9-13(24)22(31-2)14(25)10-12/h3-10,19,27-28H,1-2H3/b20-18-. The van der Waals surface area contributed by atoms with Crippen molar-refractivity contribution in [2.24, 2.45) is 0 Å². The Morgan fingerprint density at radius 2 is 1.81 bits per heavy atom. The molecule has 4 rings (SSSR count). The molecule has 3 aromatic rings. The molecule has 2 aromatic carbocycles. The minimum Gasteiger partial charge on any atom is -0.507 e. The Labute approximate surface area is 197 Å². The number of phenols is 1. The monoisotopic (exact) mass is 489 g/mol. The first kappa shape index (κ1) is 22.2. The van der Waals surface area contributed by atoms with Gasteiger partial charge in [0.1, 0.15) is 17.6 Å². The Kier molecular flexibility index (Phi) is 5.90. The molecule has 6 nitrogen and oxygen atoms in total. The number of Topliss-reactive ketones (excluding diaryl/α,β-unsaturated/α-hetero) is 1. The maximum Gasteiger partial charge on any atom is 0.300 e. The van der Waals surface area contributed by atoms with Crippen LogP contribution in [-0.4, -0.2) is 29.0 Å². The number of amides is 1. The highest BCUT2D eigenvalue weighted by molar-refractivity contribution is 7.10. The number of aryl methyl sites for hydroxylation is 1. The highest BCUT2D eigenvalue weighted by atomic mass is 35.5. The molecule has 2 N–H and O–H groups in total. The summed E-state index contributed by atoms with van der Waals surface area (Å²) in [5.41, 5.74) is 0.998. The van der Waals surface area contributed by atoms with E-state index in [4.69, 9.17) is 27.9 Å². The zero-order valence-electron chi connectivity index (χ0n) is 16.9. The molecule has 0 bridgehead atoms. The number of carbonyl (C=O) groups excluding carboxylic acids is 2. The number of hydrogen-bond donors (Lipinski definition) is 2. The van der Waals surface area contributed by atoms with Crippen molar-refractivity contribution >= 4 is 57.7 Å². The summed E-state index contributed by atoms with van der Waals surface area (Å²) in [7, 11) is 1.41. The zero-order chi connectivity index (χ0) is 23.2. The molecule has 1 aliphatic rings. The van der Waals surface area contributed by atoms with Crippen LogP contribution >= 0.6 is 34.5 Å². The predicted molar refractivity (Wildman–Crippen MR) is 125 cm³/mol. The van der Waals surface area contributed by atoms with Gasteiger partial charge in [-0.1, -0.05) is 35.3 Å². The van der Waals surface area contributed by atoms with Crippen LogP contribution in [0, 0.1) is 6.92 Å². The van der Waals surface area contributed by atoms with Crippen LogP contribution in [-0.2, 0) is 9.59 Å². The quantitative estimate of drug-likeness (QED) is 0.278. The van der Waals surface area contributed by atoms with Crippen LogP contribution in [0.15, 0.2) is 53.4 Å². The van der Waals surface area contributed by atoms with Gasteiger partial charge in [-0.25, -0.2) is 0 Å². The number of aliphatic hydroxyl groups excluding tert-OH is 1. The van der Waals surface area contributed by atoms with Crippen molar-refractivity contribution in [2.45, 2.75) is 13.0 Å². The van der Waals surface area contributed by atoms with Crippen LogP contribution in [0.3, 0.4) is 0 Å². The fourth-order valence-electron chi connectivity index (χ4n) is 3.67. The Balaban J connectivity index is 1.96. The fourth-order valence-corrected chi connectivity index (χ4v) is 5.14. The fraction of sp³-hybridized carbons (Fsp3) is 0.130. The average Bonchev–Trinajstić information content (AvgIpc) is 3.36. The second-order valence-electron chi connectivity index (χ2n) is 7.15. The zero-order valence-corrected chi connectivity index (χ0v) is 19.3. The molecule has 1 amide bonds. The largest absolute Gasteiger partial charge is 0.507 e. The number of ketones is 1. The number of methoxy groups -OCH3 is 1. The molecular weight excluding hydrogens is 473 g/mol. The van der Waals surface area contributed by atoms with Crippen LogP contribution in [0.2, 0.25) is 10.0 Å². The van der Waals surface area contributed by atoms with Gasteiger partial charge in [-0.15, -0.1) is 11.3 Å². The molecule has 1 fully saturated rings. The van der Waals surface area contributed by atoms with Gasteiger partial charge in [0.15, 0.2) is 5.75 Å². The second kappa shape index (κ2) is 8.50. The first-order valence-electron chi connectivity index (χ1n) is 9.42. The molecule has 1 unspecified atom stereocenters. The SMILES string of the molecule is COc1c(Cl)cc(/C(O)=C2/C(=O)C(=O)N(c3cc(C)ccc3O)C2c2cccs2)cc1Cl. The minimum atomic E-state index is -0.942. The summed E-state index contributed by atoms with van der Waals surface area (Å²) in [5, 5.41) is 23.7. The van der Waals surface area contributed by atoms with Crippen LogP contribution < -0.4 is 9.64 Å². The van der Waals surface area contributed by atoms with Gasteiger partial charge in [-0.3, -0.25) is 14.5 Å². The number of halogens is 2. The summed E-state index contributed by atoms with van der Waals surface area (Å²) in [6, 6.07) is 10.2. The molecule has 1 aromatic heterocycles. The summed E-state index contributed by atoms with van der Waals surface area (Å²) in [6.45, 7) is 1.81. The van der Waals surface area contributed by atoms with Gasteiger partial charge in [0.05, 0.1) is 28.4 Å². The van der Waals surface area contributed by atoms with Gasteiger partial charge in [0, 0.05) is 10.4 Å². The Morgan fingerprint density at radius 1 is 1.12 bits per heavy atom. The van der Waals surface area contributed by atoms with E-state index in [0.717, 1.165) is 5.56 Å². The number of ether oxygens (including phenoxy) is 1. The van der Waals surface area contributed by atoms with Gasteiger partial charge in [0.2, 0.25) is 0 Å². The topological polar surface area (TPSA) is 87.1 Å². The van der Waals surface area contributed by atoms with Crippen molar-refractivity contribution in [2.75, 3.05) is 12.0 Å². The molecule has 1 atom stereocenters. The number of anilines is 1. The highest BCUT2D eigenvalue weighted by Gasteiger charge is 2.48. The number of benzene rings is 2. The molecular formula is C23H17Cl2NO5S. The summed E-state index contributed by atoms with van der Waals surface area (Å²) in [6.07, 6.45) is 0. The van der Waals surface area contributed by atoms with E-state index in [-0.39, 0.29) is 38.4 Å². The molecule has 1 saturated heterocycles. The van der Waals surface area contributed by atoms with Crippen LogP contribution in [0.25, 0.3) is 5.76 Å². The molecule has 0 spiro atoms. The lowest BCUT2D eigenvalue weighted by molar-refractivity contribution is -0.132. The van der Waals surface area contributed by atoms with E-state index < -0.39 is 23.5 Å². The first-order valence-corrected chi connectivity index (χ1v) is 11.1. The van der Waals surface area contributed by atoms with E-state index in [0.29, 0.717) is 4.88 Å². The molecule has 32 heavy (non-hydrogen) atoms. The predicted octanol–water partition coefficient (Wildman–Crippen LogP) is 5.70. The van der Waals surface area contributed by atoms with Crippen molar-refractivity contribution in [1.82, 2.24) is 0 Å². The van der Waals surface area contributed by atoms with E-state index in [2.05, 4.69) is 0 Å². The average molecular weight is 490 g/mol. The van der Waals surface area contributed by atoms with Gasteiger partial charge >= 0.3 is 0 Å². The molecule has 2 heterocycles. The van der Waals surface area contributed by atoms with Gasteiger partial charge in [0.25, 0.3) is 11.7 Å². The maximum absolute atomic E-state index is 13.1. The van der Waals surface area contributed by atoms with E-state index >= 15 is 0 Å².